The van der Waals surface area contributed by atoms with Crippen molar-refractivity contribution in [1.29, 1.82) is 0 Å². The van der Waals surface area contributed by atoms with Crippen LogP contribution in [0, 0.1) is 6.92 Å². The highest BCUT2D eigenvalue weighted by Crippen LogP contribution is 2.22. The van der Waals surface area contributed by atoms with E-state index in [2.05, 4.69) is 15.9 Å². The number of benzene rings is 1. The summed E-state index contributed by atoms with van der Waals surface area (Å²) in [6, 6.07) is 5.75. The van der Waals surface area contributed by atoms with Crippen LogP contribution in [0.2, 0.25) is 5.02 Å². The maximum Gasteiger partial charge on any atom is 0.255 e. The lowest BCUT2D eigenvalue weighted by molar-refractivity contribution is 0.0707. The lowest BCUT2D eigenvalue weighted by Crippen LogP contribution is -2.38. The number of alkyl halides is 1. The van der Waals surface area contributed by atoms with Gasteiger partial charge in [-0.2, -0.15) is 0 Å². The number of aryl methyl sites for hydroxylation is 1. The highest BCUT2D eigenvalue weighted by Gasteiger charge is 2.20. The monoisotopic (exact) mass is 331 g/mol. The number of hydrogen-bond donors (Lipinski definition) is 0. The molecule has 100 valence electrons. The van der Waals surface area contributed by atoms with Crippen molar-refractivity contribution >= 4 is 33.4 Å². The Balaban J connectivity index is 2.98. The van der Waals surface area contributed by atoms with Crippen LogP contribution in [0.25, 0.3) is 0 Å². The Morgan fingerprint density at radius 3 is 2.67 bits per heavy atom. The van der Waals surface area contributed by atoms with Crippen molar-refractivity contribution in [2.24, 2.45) is 0 Å². The van der Waals surface area contributed by atoms with Crippen LogP contribution in [0.4, 0.5) is 0 Å². The summed E-state index contributed by atoms with van der Waals surface area (Å²) in [6.45, 7) is 6.70. The second kappa shape index (κ2) is 7.15. The van der Waals surface area contributed by atoms with E-state index in [1.165, 1.54) is 0 Å². The molecule has 0 unspecified atom stereocenters. The molecule has 4 heteroatoms. The summed E-state index contributed by atoms with van der Waals surface area (Å²) in [5.74, 6) is 0.0136. The Bertz CT molecular complexity index is 420. The van der Waals surface area contributed by atoms with Gasteiger partial charge in [-0.15, -0.1) is 0 Å². The van der Waals surface area contributed by atoms with E-state index >= 15 is 0 Å². The zero-order valence-corrected chi connectivity index (χ0v) is 13.4. The molecule has 0 aliphatic carbocycles. The molecular weight excluding hydrogens is 314 g/mol. The summed E-state index contributed by atoms with van der Waals surface area (Å²) >= 11 is 9.61. The summed E-state index contributed by atoms with van der Waals surface area (Å²) in [5, 5.41) is 1.46. The Labute approximate surface area is 122 Å². The quantitative estimate of drug-likeness (QED) is 0.737. The minimum absolute atomic E-state index is 0.0136. The van der Waals surface area contributed by atoms with Gasteiger partial charge in [-0.1, -0.05) is 39.7 Å². The number of rotatable bonds is 5. The molecule has 1 aromatic rings. The Morgan fingerprint density at radius 2 is 2.11 bits per heavy atom. The van der Waals surface area contributed by atoms with Gasteiger partial charge in [0.15, 0.2) is 0 Å². The van der Waals surface area contributed by atoms with E-state index in [0.717, 1.165) is 23.9 Å². The second-order valence-electron chi connectivity index (χ2n) is 4.57. The van der Waals surface area contributed by atoms with Crippen LogP contribution in [0.1, 0.15) is 36.2 Å². The Hall–Kier alpha value is -0.540. The molecule has 1 amide bonds. The lowest BCUT2D eigenvalue weighted by Gasteiger charge is -2.27. The van der Waals surface area contributed by atoms with Gasteiger partial charge in [0.25, 0.3) is 5.91 Å². The molecule has 0 spiro atoms. The van der Waals surface area contributed by atoms with E-state index in [-0.39, 0.29) is 11.9 Å². The third-order valence-electron chi connectivity index (χ3n) is 2.84. The standard InChI is InChI=1S/C14H19BrClNO/c1-10(2)17(9-5-8-15)14(18)12-7-4-6-11(3)13(12)16/h4,6-7,10H,5,8-9H2,1-3H3. The molecular formula is C14H19BrClNO. The predicted molar refractivity (Wildman–Crippen MR) is 80.8 cm³/mol. The molecule has 0 aromatic heterocycles. The zero-order valence-electron chi connectivity index (χ0n) is 11.0. The van der Waals surface area contributed by atoms with Crippen LogP contribution < -0.4 is 0 Å². The molecule has 0 atom stereocenters. The smallest absolute Gasteiger partial charge is 0.255 e. The van der Waals surface area contributed by atoms with Gasteiger partial charge in [0, 0.05) is 17.9 Å². The van der Waals surface area contributed by atoms with E-state index in [1.807, 2.05) is 37.8 Å². The Kier molecular flexibility index (Phi) is 6.16. The first kappa shape index (κ1) is 15.5. The summed E-state index contributed by atoms with van der Waals surface area (Å²) in [6.07, 6.45) is 0.938. The summed E-state index contributed by atoms with van der Waals surface area (Å²) in [5.41, 5.74) is 1.53. The van der Waals surface area contributed by atoms with Crippen LogP contribution >= 0.6 is 27.5 Å². The fourth-order valence-corrected chi connectivity index (χ4v) is 2.25. The van der Waals surface area contributed by atoms with E-state index < -0.39 is 0 Å². The molecule has 0 N–H and O–H groups in total. The van der Waals surface area contributed by atoms with Gasteiger partial charge in [-0.25, -0.2) is 0 Å². The summed E-state index contributed by atoms with van der Waals surface area (Å²) in [4.78, 5) is 14.4. The van der Waals surface area contributed by atoms with Crippen molar-refractivity contribution in [2.75, 3.05) is 11.9 Å². The van der Waals surface area contributed by atoms with Gasteiger partial charge in [0.2, 0.25) is 0 Å². The molecule has 18 heavy (non-hydrogen) atoms. The third kappa shape index (κ3) is 3.72. The normalized spacial score (nSPS) is 10.8. The first-order valence-electron chi connectivity index (χ1n) is 6.11. The van der Waals surface area contributed by atoms with Crippen molar-refractivity contribution in [1.82, 2.24) is 4.90 Å². The second-order valence-corrected chi connectivity index (χ2v) is 5.74. The summed E-state index contributed by atoms with van der Waals surface area (Å²) in [7, 11) is 0. The van der Waals surface area contributed by atoms with E-state index in [1.54, 1.807) is 6.07 Å². The van der Waals surface area contributed by atoms with Crippen LogP contribution in [0.5, 0.6) is 0 Å². The van der Waals surface area contributed by atoms with Crippen molar-refractivity contribution < 1.29 is 4.79 Å². The van der Waals surface area contributed by atoms with Gasteiger partial charge < -0.3 is 4.90 Å². The van der Waals surface area contributed by atoms with E-state index in [0.29, 0.717) is 10.6 Å². The molecule has 0 aliphatic heterocycles. The van der Waals surface area contributed by atoms with E-state index in [9.17, 15) is 4.79 Å². The molecule has 0 fully saturated rings. The van der Waals surface area contributed by atoms with Gasteiger partial charge in [-0.3, -0.25) is 4.79 Å². The van der Waals surface area contributed by atoms with Crippen molar-refractivity contribution in [3.05, 3.63) is 34.3 Å². The lowest BCUT2D eigenvalue weighted by atomic mass is 10.1. The maximum atomic E-state index is 12.5. The SMILES string of the molecule is Cc1cccc(C(=O)N(CCCBr)C(C)C)c1Cl. The molecule has 1 aromatic carbocycles. The Morgan fingerprint density at radius 1 is 1.44 bits per heavy atom. The van der Waals surface area contributed by atoms with Crippen LogP contribution in [0.3, 0.4) is 0 Å². The molecule has 0 saturated heterocycles. The fourth-order valence-electron chi connectivity index (χ4n) is 1.79. The molecule has 2 nitrogen and oxygen atoms in total. The van der Waals surface area contributed by atoms with Gasteiger partial charge >= 0.3 is 0 Å². The first-order valence-corrected chi connectivity index (χ1v) is 7.61. The third-order valence-corrected chi connectivity index (χ3v) is 3.90. The predicted octanol–water partition coefficient (Wildman–Crippen LogP) is 4.28. The fraction of sp³-hybridized carbons (Fsp3) is 0.500. The number of amides is 1. The highest BCUT2D eigenvalue weighted by atomic mass is 79.9. The van der Waals surface area contributed by atoms with Crippen molar-refractivity contribution in [3.63, 3.8) is 0 Å². The number of hydrogen-bond acceptors (Lipinski definition) is 1. The average molecular weight is 333 g/mol. The summed E-state index contributed by atoms with van der Waals surface area (Å²) < 4.78 is 0. The molecule has 0 saturated carbocycles. The molecule has 0 aliphatic rings. The van der Waals surface area contributed by atoms with Crippen molar-refractivity contribution in [3.8, 4) is 0 Å². The largest absolute Gasteiger partial charge is 0.336 e. The number of nitrogens with zero attached hydrogens (tertiary/aromatic N) is 1. The van der Waals surface area contributed by atoms with Crippen LogP contribution in [-0.2, 0) is 0 Å². The van der Waals surface area contributed by atoms with Gasteiger partial charge in [0.1, 0.15) is 0 Å². The number of halogens is 2. The van der Waals surface area contributed by atoms with E-state index in [4.69, 9.17) is 11.6 Å². The van der Waals surface area contributed by atoms with Crippen LogP contribution in [0.15, 0.2) is 18.2 Å². The molecule has 0 bridgehead atoms. The number of carbonyl (C=O) groups is 1. The minimum Gasteiger partial charge on any atom is -0.336 e. The molecule has 0 heterocycles. The molecule has 1 rings (SSSR count). The minimum atomic E-state index is 0.0136. The van der Waals surface area contributed by atoms with Crippen molar-refractivity contribution in [2.45, 2.75) is 33.2 Å². The van der Waals surface area contributed by atoms with Gasteiger partial charge in [-0.05, 0) is 38.8 Å². The van der Waals surface area contributed by atoms with Gasteiger partial charge in [0.05, 0.1) is 10.6 Å². The zero-order chi connectivity index (χ0) is 13.7. The maximum absolute atomic E-state index is 12.5. The molecule has 0 radical (unpaired) electrons. The first-order chi connectivity index (χ1) is 8.49. The number of carbonyl (C=O) groups excluding carboxylic acids is 1. The highest BCUT2D eigenvalue weighted by molar-refractivity contribution is 9.09. The topological polar surface area (TPSA) is 20.3 Å². The average Bonchev–Trinajstić information content (AvgIpc) is 2.32. The van der Waals surface area contributed by atoms with Crippen LogP contribution in [-0.4, -0.2) is 28.7 Å².